The predicted octanol–water partition coefficient (Wildman–Crippen LogP) is 2.93. The van der Waals surface area contributed by atoms with E-state index >= 15 is 0 Å². The monoisotopic (exact) mass is 353 g/mol. The molecular weight excluding hydrogens is 341 g/mol. The Morgan fingerprint density at radius 1 is 1.39 bits per heavy atom. The Balaban J connectivity index is 2.50. The van der Waals surface area contributed by atoms with E-state index in [4.69, 9.17) is 27.9 Å². The van der Waals surface area contributed by atoms with Crippen LogP contribution in [0, 0.1) is 0 Å². The molecule has 0 saturated carbocycles. The first-order valence-corrected chi connectivity index (χ1v) is 6.79. The Morgan fingerprint density at radius 2 is 2.00 bits per heavy atom. The minimum absolute atomic E-state index is 0.432. The molecule has 0 bridgehead atoms. The first kappa shape index (κ1) is 15.4. The van der Waals surface area contributed by atoms with Gasteiger partial charge in [-0.15, -0.1) is 0 Å². The highest BCUT2D eigenvalue weighted by molar-refractivity contribution is 9.10. The average Bonchev–Trinajstić information content (AvgIpc) is 2.32. The maximum atomic E-state index is 6.03. The van der Waals surface area contributed by atoms with Crippen molar-refractivity contribution >= 4 is 45.1 Å². The molecule has 0 aliphatic carbocycles. The lowest BCUT2D eigenvalue weighted by atomic mass is 10.3. The third-order valence-electron chi connectivity index (χ3n) is 2.06. The maximum Gasteiger partial charge on any atom is 0.190 e. The van der Waals surface area contributed by atoms with Gasteiger partial charge >= 0.3 is 0 Å². The van der Waals surface area contributed by atoms with Crippen LogP contribution in [0.25, 0.3) is 0 Å². The highest BCUT2D eigenvalue weighted by atomic mass is 79.9. The van der Waals surface area contributed by atoms with Gasteiger partial charge in [-0.1, -0.05) is 39.1 Å². The first-order chi connectivity index (χ1) is 8.58. The van der Waals surface area contributed by atoms with Gasteiger partial charge in [0.15, 0.2) is 11.7 Å². The van der Waals surface area contributed by atoms with Crippen LogP contribution >= 0.6 is 39.1 Å². The largest absolute Gasteiger partial charge is 0.489 e. The topological polar surface area (TPSA) is 45.7 Å². The minimum atomic E-state index is 0.432. The molecule has 0 unspecified atom stereocenters. The van der Waals surface area contributed by atoms with Crippen molar-refractivity contribution in [3.8, 4) is 5.75 Å². The number of benzene rings is 1. The third-order valence-corrected chi connectivity index (χ3v) is 3.08. The van der Waals surface area contributed by atoms with Gasteiger partial charge in [0.2, 0.25) is 0 Å². The van der Waals surface area contributed by atoms with Crippen molar-refractivity contribution in [2.24, 2.45) is 4.99 Å². The molecule has 2 N–H and O–H groups in total. The van der Waals surface area contributed by atoms with E-state index in [2.05, 4.69) is 31.6 Å². The summed E-state index contributed by atoms with van der Waals surface area (Å²) < 4.78 is 6.35. The summed E-state index contributed by atoms with van der Waals surface area (Å²) in [7, 11) is 3.49. The van der Waals surface area contributed by atoms with Crippen molar-refractivity contribution in [3.63, 3.8) is 0 Å². The van der Waals surface area contributed by atoms with Crippen LogP contribution in [0.5, 0.6) is 5.75 Å². The second kappa shape index (κ2) is 7.71. The van der Waals surface area contributed by atoms with Crippen molar-refractivity contribution < 1.29 is 4.74 Å². The molecule has 4 nitrogen and oxygen atoms in total. The summed E-state index contributed by atoms with van der Waals surface area (Å²) in [4.78, 5) is 3.98. The number of nitrogens with zero attached hydrogens (tertiary/aromatic N) is 1. The molecule has 0 aromatic heterocycles. The highest BCUT2D eigenvalue weighted by Crippen LogP contribution is 2.35. The maximum absolute atomic E-state index is 6.03. The molecule has 0 heterocycles. The fourth-order valence-corrected chi connectivity index (χ4v) is 2.59. The van der Waals surface area contributed by atoms with Gasteiger partial charge < -0.3 is 15.4 Å². The third kappa shape index (κ3) is 4.55. The van der Waals surface area contributed by atoms with Crippen molar-refractivity contribution in [2.45, 2.75) is 0 Å². The first-order valence-electron chi connectivity index (χ1n) is 5.24. The SMILES string of the molecule is CN=C(NC)NCCOc1c(Cl)cc(Br)cc1Cl. The quantitative estimate of drug-likeness (QED) is 0.496. The van der Waals surface area contributed by atoms with Crippen LogP contribution in [-0.2, 0) is 0 Å². The van der Waals surface area contributed by atoms with Gasteiger partial charge in [0.1, 0.15) is 6.61 Å². The summed E-state index contributed by atoms with van der Waals surface area (Å²) in [6.45, 7) is 1.03. The Hall–Kier alpha value is -0.650. The summed E-state index contributed by atoms with van der Waals surface area (Å²) in [6, 6.07) is 3.48. The van der Waals surface area contributed by atoms with E-state index in [9.17, 15) is 0 Å². The van der Waals surface area contributed by atoms with E-state index in [0.717, 1.165) is 4.47 Å². The fourth-order valence-electron chi connectivity index (χ4n) is 1.27. The molecule has 18 heavy (non-hydrogen) atoms. The van der Waals surface area contributed by atoms with E-state index in [0.29, 0.717) is 34.9 Å². The Kier molecular flexibility index (Phi) is 6.60. The van der Waals surface area contributed by atoms with Gasteiger partial charge in [-0.3, -0.25) is 4.99 Å². The van der Waals surface area contributed by atoms with E-state index in [-0.39, 0.29) is 0 Å². The van der Waals surface area contributed by atoms with Gasteiger partial charge in [0, 0.05) is 18.6 Å². The lowest BCUT2D eigenvalue weighted by Gasteiger charge is -2.12. The summed E-state index contributed by atoms with van der Waals surface area (Å²) >= 11 is 15.4. The van der Waals surface area contributed by atoms with Crippen molar-refractivity contribution in [1.29, 1.82) is 0 Å². The number of nitrogens with one attached hydrogen (secondary N) is 2. The van der Waals surface area contributed by atoms with E-state index in [1.807, 2.05) is 0 Å². The number of ether oxygens (including phenoxy) is 1. The normalized spacial score (nSPS) is 11.3. The second-order valence-electron chi connectivity index (χ2n) is 3.30. The predicted molar refractivity (Wildman–Crippen MR) is 80.1 cm³/mol. The van der Waals surface area contributed by atoms with Crippen LogP contribution in [0.4, 0.5) is 0 Å². The molecule has 0 aliphatic rings. The molecule has 0 spiro atoms. The van der Waals surface area contributed by atoms with Gasteiger partial charge in [0.25, 0.3) is 0 Å². The highest BCUT2D eigenvalue weighted by Gasteiger charge is 2.08. The van der Waals surface area contributed by atoms with E-state index in [1.165, 1.54) is 0 Å². The lowest BCUT2D eigenvalue weighted by molar-refractivity contribution is 0.322. The summed E-state index contributed by atoms with van der Waals surface area (Å²) in [5.74, 6) is 1.19. The van der Waals surface area contributed by atoms with Crippen molar-refractivity contribution in [2.75, 3.05) is 27.2 Å². The molecule has 7 heteroatoms. The van der Waals surface area contributed by atoms with Crippen LogP contribution in [0.15, 0.2) is 21.6 Å². The van der Waals surface area contributed by atoms with Crippen LogP contribution in [-0.4, -0.2) is 33.2 Å². The Morgan fingerprint density at radius 3 is 2.50 bits per heavy atom. The number of aliphatic imine (C=N–C) groups is 1. The van der Waals surface area contributed by atoms with Gasteiger partial charge in [0.05, 0.1) is 16.6 Å². The zero-order chi connectivity index (χ0) is 13.5. The number of hydrogen-bond acceptors (Lipinski definition) is 2. The summed E-state index contributed by atoms with van der Waals surface area (Å²) in [5.41, 5.74) is 0. The van der Waals surface area contributed by atoms with E-state index in [1.54, 1.807) is 26.2 Å². The molecule has 0 atom stereocenters. The molecular formula is C11H14BrCl2N3O. The van der Waals surface area contributed by atoms with Crippen molar-refractivity contribution in [1.82, 2.24) is 10.6 Å². The zero-order valence-electron chi connectivity index (χ0n) is 10.1. The van der Waals surface area contributed by atoms with Gasteiger partial charge in [-0.2, -0.15) is 0 Å². The van der Waals surface area contributed by atoms with Crippen LogP contribution in [0.1, 0.15) is 0 Å². The summed E-state index contributed by atoms with van der Waals surface area (Å²) in [5, 5.41) is 6.92. The van der Waals surface area contributed by atoms with Crippen LogP contribution in [0.2, 0.25) is 10.0 Å². The van der Waals surface area contributed by atoms with Crippen LogP contribution < -0.4 is 15.4 Å². The average molecular weight is 355 g/mol. The molecule has 1 aromatic carbocycles. The molecule has 0 amide bonds. The Bertz CT molecular complexity index is 417. The minimum Gasteiger partial charge on any atom is -0.489 e. The smallest absolute Gasteiger partial charge is 0.190 e. The molecule has 0 saturated heterocycles. The molecule has 1 aromatic rings. The summed E-state index contributed by atoms with van der Waals surface area (Å²) in [6.07, 6.45) is 0. The number of guanidine groups is 1. The van der Waals surface area contributed by atoms with Gasteiger partial charge in [-0.05, 0) is 12.1 Å². The zero-order valence-corrected chi connectivity index (χ0v) is 13.2. The van der Waals surface area contributed by atoms with E-state index < -0.39 is 0 Å². The fraction of sp³-hybridized carbons (Fsp3) is 0.364. The number of rotatable bonds is 4. The second-order valence-corrected chi connectivity index (χ2v) is 5.03. The van der Waals surface area contributed by atoms with Crippen molar-refractivity contribution in [3.05, 3.63) is 26.7 Å². The van der Waals surface area contributed by atoms with Gasteiger partial charge in [-0.25, -0.2) is 0 Å². The molecule has 100 valence electrons. The molecule has 0 radical (unpaired) electrons. The molecule has 0 fully saturated rings. The number of halogens is 3. The van der Waals surface area contributed by atoms with Crippen LogP contribution in [0.3, 0.4) is 0 Å². The lowest BCUT2D eigenvalue weighted by Crippen LogP contribution is -2.37. The number of hydrogen-bond donors (Lipinski definition) is 2. The molecule has 1 rings (SSSR count). The standard InChI is InChI=1S/C11H14BrCl2N3O/c1-15-11(16-2)17-3-4-18-10-8(13)5-7(12)6-9(10)14/h5-6H,3-4H2,1-2H3,(H2,15,16,17). The Labute approximate surface area is 125 Å². The molecule has 0 aliphatic heterocycles.